The molecule has 1 N–H and O–H groups in total. The van der Waals surface area contributed by atoms with Crippen molar-refractivity contribution in [2.24, 2.45) is 0 Å². The van der Waals surface area contributed by atoms with E-state index in [2.05, 4.69) is 16.5 Å². The van der Waals surface area contributed by atoms with Crippen LogP contribution in [0.25, 0.3) is 0 Å². The molecule has 1 aliphatic rings. The third-order valence-electron chi connectivity index (χ3n) is 3.87. The van der Waals surface area contributed by atoms with Crippen LogP contribution in [-0.4, -0.2) is 26.1 Å². The van der Waals surface area contributed by atoms with Crippen molar-refractivity contribution in [1.29, 1.82) is 5.26 Å². The molecule has 1 heterocycles. The van der Waals surface area contributed by atoms with Crippen LogP contribution in [0.2, 0.25) is 0 Å². The maximum absolute atomic E-state index is 12.1. The van der Waals surface area contributed by atoms with Crippen molar-refractivity contribution in [1.82, 2.24) is 15.1 Å². The van der Waals surface area contributed by atoms with Crippen LogP contribution in [0, 0.1) is 35.3 Å². The SMILES string of the molecule is Cc1nn(CC(=O)NC2(C#N)CCCC2)c(C)c1[N+](=O)[O-]. The molecule has 1 aromatic heterocycles. The molecular weight excluding hydrogens is 274 g/mol. The fourth-order valence-electron chi connectivity index (χ4n) is 2.79. The lowest BCUT2D eigenvalue weighted by Crippen LogP contribution is -2.46. The smallest absolute Gasteiger partial charge is 0.312 e. The first kappa shape index (κ1) is 15.0. The Morgan fingerprint density at radius 3 is 2.62 bits per heavy atom. The fourth-order valence-corrected chi connectivity index (χ4v) is 2.79. The minimum Gasteiger partial charge on any atom is -0.336 e. The second-order valence-electron chi connectivity index (χ2n) is 5.38. The summed E-state index contributed by atoms with van der Waals surface area (Å²) in [6, 6.07) is 2.17. The molecule has 0 radical (unpaired) electrons. The van der Waals surface area contributed by atoms with Crippen LogP contribution in [0.3, 0.4) is 0 Å². The van der Waals surface area contributed by atoms with Crippen molar-refractivity contribution in [3.8, 4) is 6.07 Å². The highest BCUT2D eigenvalue weighted by molar-refractivity contribution is 5.77. The summed E-state index contributed by atoms with van der Waals surface area (Å²) in [6.07, 6.45) is 3.12. The molecule has 21 heavy (non-hydrogen) atoms. The number of carbonyl (C=O) groups excluding carboxylic acids is 1. The lowest BCUT2D eigenvalue weighted by atomic mass is 10.00. The largest absolute Gasteiger partial charge is 0.336 e. The van der Waals surface area contributed by atoms with Crippen LogP contribution in [0.4, 0.5) is 5.69 Å². The average Bonchev–Trinajstić information content (AvgIpc) is 2.96. The first-order valence-corrected chi connectivity index (χ1v) is 6.79. The number of nitro groups is 1. The van der Waals surface area contributed by atoms with Gasteiger partial charge in [-0.05, 0) is 39.5 Å². The molecule has 1 fully saturated rings. The van der Waals surface area contributed by atoms with Gasteiger partial charge in [0.15, 0.2) is 0 Å². The molecule has 2 rings (SSSR count). The maximum atomic E-state index is 12.1. The van der Waals surface area contributed by atoms with E-state index in [1.165, 1.54) is 11.6 Å². The average molecular weight is 291 g/mol. The van der Waals surface area contributed by atoms with Gasteiger partial charge in [0.2, 0.25) is 5.91 Å². The normalized spacial score (nSPS) is 16.4. The van der Waals surface area contributed by atoms with Crippen molar-refractivity contribution >= 4 is 11.6 Å². The Morgan fingerprint density at radius 2 is 2.14 bits per heavy atom. The van der Waals surface area contributed by atoms with Crippen molar-refractivity contribution in [2.45, 2.75) is 51.6 Å². The molecule has 8 heteroatoms. The van der Waals surface area contributed by atoms with Gasteiger partial charge >= 0.3 is 5.69 Å². The van der Waals surface area contributed by atoms with Crippen molar-refractivity contribution < 1.29 is 9.72 Å². The van der Waals surface area contributed by atoms with Crippen LogP contribution in [-0.2, 0) is 11.3 Å². The lowest BCUT2D eigenvalue weighted by Gasteiger charge is -2.21. The summed E-state index contributed by atoms with van der Waals surface area (Å²) in [5, 5.41) is 26.9. The summed E-state index contributed by atoms with van der Waals surface area (Å²) in [5.74, 6) is -0.348. The number of aryl methyl sites for hydroxylation is 1. The minimum absolute atomic E-state index is 0.0707. The molecule has 0 atom stereocenters. The van der Waals surface area contributed by atoms with E-state index in [-0.39, 0.29) is 23.8 Å². The Labute approximate surface area is 121 Å². The lowest BCUT2D eigenvalue weighted by molar-refractivity contribution is -0.386. The van der Waals surface area contributed by atoms with Gasteiger partial charge < -0.3 is 5.32 Å². The van der Waals surface area contributed by atoms with E-state index in [0.717, 1.165) is 12.8 Å². The summed E-state index contributed by atoms with van der Waals surface area (Å²) in [5.41, 5.74) is -0.246. The van der Waals surface area contributed by atoms with Gasteiger partial charge in [0.1, 0.15) is 23.5 Å². The van der Waals surface area contributed by atoms with Crippen molar-refractivity contribution in [3.05, 3.63) is 21.5 Å². The topological polar surface area (TPSA) is 114 Å². The van der Waals surface area contributed by atoms with Crippen LogP contribution < -0.4 is 5.32 Å². The zero-order valence-electron chi connectivity index (χ0n) is 12.0. The van der Waals surface area contributed by atoms with Crippen molar-refractivity contribution in [3.63, 3.8) is 0 Å². The molecule has 1 saturated carbocycles. The standard InChI is InChI=1S/C13H17N5O3/c1-9-12(18(20)21)10(2)17(16-9)7-11(19)15-13(8-14)5-3-4-6-13/h3-7H2,1-2H3,(H,15,19). The number of nitrogens with one attached hydrogen (secondary N) is 1. The zero-order chi connectivity index (χ0) is 15.6. The van der Waals surface area contributed by atoms with Gasteiger partial charge in [-0.15, -0.1) is 0 Å². The molecule has 1 aliphatic carbocycles. The highest BCUT2D eigenvalue weighted by Gasteiger charge is 2.35. The predicted octanol–water partition coefficient (Wildman–Crippen LogP) is 1.36. The van der Waals surface area contributed by atoms with Gasteiger partial charge in [0.05, 0.1) is 11.0 Å². The van der Waals surface area contributed by atoms with E-state index in [0.29, 0.717) is 18.5 Å². The molecule has 0 aromatic carbocycles. The molecule has 0 unspecified atom stereocenters. The van der Waals surface area contributed by atoms with Crippen LogP contribution in [0.15, 0.2) is 0 Å². The van der Waals surface area contributed by atoms with Gasteiger partial charge in [0.25, 0.3) is 0 Å². The number of hydrogen-bond donors (Lipinski definition) is 1. The van der Waals surface area contributed by atoms with Gasteiger partial charge in [0, 0.05) is 0 Å². The molecule has 0 bridgehead atoms. The molecule has 0 aliphatic heterocycles. The van der Waals surface area contributed by atoms with Gasteiger partial charge in [-0.3, -0.25) is 19.6 Å². The Balaban J connectivity index is 2.12. The minimum atomic E-state index is -0.793. The quantitative estimate of drug-likeness (QED) is 0.664. The second-order valence-corrected chi connectivity index (χ2v) is 5.38. The molecule has 1 amide bonds. The van der Waals surface area contributed by atoms with Gasteiger partial charge in [-0.2, -0.15) is 10.4 Å². The first-order chi connectivity index (χ1) is 9.88. The number of aromatic nitrogens is 2. The molecule has 8 nitrogen and oxygen atoms in total. The van der Waals surface area contributed by atoms with Crippen LogP contribution in [0.5, 0.6) is 0 Å². The van der Waals surface area contributed by atoms with Crippen molar-refractivity contribution in [2.75, 3.05) is 0 Å². The highest BCUT2D eigenvalue weighted by atomic mass is 16.6. The second kappa shape index (κ2) is 5.52. The molecular formula is C13H17N5O3. The molecule has 112 valence electrons. The van der Waals surface area contributed by atoms with E-state index >= 15 is 0 Å². The number of nitriles is 1. The maximum Gasteiger partial charge on any atom is 0.312 e. The van der Waals surface area contributed by atoms with E-state index in [9.17, 15) is 20.2 Å². The Morgan fingerprint density at radius 1 is 1.52 bits per heavy atom. The summed E-state index contributed by atoms with van der Waals surface area (Å²) in [6.45, 7) is 2.97. The Hall–Kier alpha value is -2.43. The number of carbonyl (C=O) groups is 1. The third-order valence-corrected chi connectivity index (χ3v) is 3.87. The summed E-state index contributed by atoms with van der Waals surface area (Å²) >= 11 is 0. The summed E-state index contributed by atoms with van der Waals surface area (Å²) in [7, 11) is 0. The van der Waals surface area contributed by atoms with E-state index in [1.54, 1.807) is 6.92 Å². The molecule has 0 spiro atoms. The Bertz CT molecular complexity index is 622. The predicted molar refractivity (Wildman–Crippen MR) is 73.3 cm³/mol. The number of amides is 1. The zero-order valence-corrected chi connectivity index (χ0v) is 12.0. The fraction of sp³-hybridized carbons (Fsp3) is 0.615. The van der Waals surface area contributed by atoms with Crippen LogP contribution in [0.1, 0.15) is 37.1 Å². The molecule has 1 aromatic rings. The Kier molecular flexibility index (Phi) is 3.93. The monoisotopic (exact) mass is 291 g/mol. The van der Waals surface area contributed by atoms with E-state index in [4.69, 9.17) is 0 Å². The highest BCUT2D eigenvalue weighted by Crippen LogP contribution is 2.29. The van der Waals surface area contributed by atoms with E-state index in [1.807, 2.05) is 0 Å². The van der Waals surface area contributed by atoms with Gasteiger partial charge in [-0.1, -0.05) is 0 Å². The molecule has 0 saturated heterocycles. The summed E-state index contributed by atoms with van der Waals surface area (Å²) < 4.78 is 1.31. The number of nitrogens with zero attached hydrogens (tertiary/aromatic N) is 4. The van der Waals surface area contributed by atoms with Crippen LogP contribution >= 0.6 is 0 Å². The first-order valence-electron chi connectivity index (χ1n) is 6.79. The number of hydrogen-bond acceptors (Lipinski definition) is 5. The summed E-state index contributed by atoms with van der Waals surface area (Å²) in [4.78, 5) is 22.5. The number of rotatable bonds is 4. The van der Waals surface area contributed by atoms with E-state index < -0.39 is 10.5 Å². The third kappa shape index (κ3) is 2.86. The van der Waals surface area contributed by atoms with Gasteiger partial charge in [-0.25, -0.2) is 0 Å².